The molecule has 1 N–H and O–H groups in total. The Morgan fingerprint density at radius 3 is 2.67 bits per heavy atom. The Bertz CT molecular complexity index is 447. The molecule has 4 heteroatoms. The molecule has 1 aromatic rings. The summed E-state index contributed by atoms with van der Waals surface area (Å²) in [5.74, 6) is 0.836. The van der Waals surface area contributed by atoms with E-state index >= 15 is 0 Å². The Labute approximate surface area is 135 Å². The third-order valence-corrected chi connectivity index (χ3v) is 4.98. The fraction of sp³-hybridized carbons (Fsp3) is 0.588. The van der Waals surface area contributed by atoms with Gasteiger partial charge in [-0.15, -0.1) is 0 Å². The lowest BCUT2D eigenvalue weighted by Gasteiger charge is -2.28. The van der Waals surface area contributed by atoms with E-state index in [4.69, 9.17) is 4.74 Å². The van der Waals surface area contributed by atoms with Gasteiger partial charge in [0.15, 0.2) is 0 Å². The number of rotatable bonds is 6. The van der Waals surface area contributed by atoms with E-state index in [1.165, 1.54) is 12.8 Å². The molecule has 1 fully saturated rings. The Morgan fingerprint density at radius 2 is 2.00 bits per heavy atom. The summed E-state index contributed by atoms with van der Waals surface area (Å²) in [7, 11) is 0. The molecule has 1 amide bonds. The van der Waals surface area contributed by atoms with Gasteiger partial charge in [0, 0.05) is 16.4 Å². The van der Waals surface area contributed by atoms with Gasteiger partial charge in [-0.05, 0) is 43.5 Å². The standard InChI is InChI=1S/C17H24BrNO2/c1-2-3-12-21-14-10-8-13(9-11-14)17(20)19-16-7-5-4-6-15(16)18/h8-11,15-16H,2-7,12H2,1H3,(H,19,20). The van der Waals surface area contributed by atoms with Crippen molar-refractivity contribution in [3.8, 4) is 5.75 Å². The maximum atomic E-state index is 12.3. The molecule has 116 valence electrons. The summed E-state index contributed by atoms with van der Waals surface area (Å²) in [4.78, 5) is 12.7. The smallest absolute Gasteiger partial charge is 0.251 e. The van der Waals surface area contributed by atoms with Crippen LogP contribution in [0.25, 0.3) is 0 Å². The van der Waals surface area contributed by atoms with Crippen molar-refractivity contribution in [2.24, 2.45) is 0 Å². The highest BCUT2D eigenvalue weighted by molar-refractivity contribution is 9.09. The van der Waals surface area contributed by atoms with Crippen molar-refractivity contribution < 1.29 is 9.53 Å². The second kappa shape index (κ2) is 8.42. The largest absolute Gasteiger partial charge is 0.494 e. The van der Waals surface area contributed by atoms with Gasteiger partial charge >= 0.3 is 0 Å². The molecule has 0 aliphatic heterocycles. The monoisotopic (exact) mass is 353 g/mol. The summed E-state index contributed by atoms with van der Waals surface area (Å²) in [6.07, 6.45) is 6.80. The van der Waals surface area contributed by atoms with Crippen LogP contribution in [0.4, 0.5) is 0 Å². The lowest BCUT2D eigenvalue weighted by molar-refractivity contribution is 0.0930. The SMILES string of the molecule is CCCCOc1ccc(C(=O)NC2CCCCC2Br)cc1. The van der Waals surface area contributed by atoms with Gasteiger partial charge in [-0.1, -0.05) is 42.1 Å². The molecule has 0 radical (unpaired) electrons. The average molecular weight is 354 g/mol. The van der Waals surface area contributed by atoms with Crippen molar-refractivity contribution in [3.05, 3.63) is 29.8 Å². The number of carbonyl (C=O) groups excluding carboxylic acids is 1. The summed E-state index contributed by atoms with van der Waals surface area (Å²) < 4.78 is 5.61. The fourth-order valence-corrected chi connectivity index (χ4v) is 3.26. The molecule has 0 aromatic heterocycles. The number of halogens is 1. The van der Waals surface area contributed by atoms with Gasteiger partial charge in [0.05, 0.1) is 6.61 Å². The molecule has 21 heavy (non-hydrogen) atoms. The molecule has 0 spiro atoms. The summed E-state index contributed by atoms with van der Waals surface area (Å²) in [6.45, 7) is 2.87. The number of alkyl halides is 1. The highest BCUT2D eigenvalue weighted by Gasteiger charge is 2.24. The molecule has 0 heterocycles. The van der Waals surface area contributed by atoms with E-state index in [0.29, 0.717) is 10.4 Å². The van der Waals surface area contributed by atoms with Crippen LogP contribution in [-0.2, 0) is 0 Å². The van der Waals surface area contributed by atoms with Crippen LogP contribution in [-0.4, -0.2) is 23.4 Å². The first-order chi connectivity index (χ1) is 10.2. The van der Waals surface area contributed by atoms with Crippen molar-refractivity contribution >= 4 is 21.8 Å². The first kappa shape index (κ1) is 16.3. The van der Waals surface area contributed by atoms with Crippen molar-refractivity contribution in [3.63, 3.8) is 0 Å². The number of carbonyl (C=O) groups is 1. The van der Waals surface area contributed by atoms with Crippen molar-refractivity contribution in [1.29, 1.82) is 0 Å². The van der Waals surface area contributed by atoms with Crippen molar-refractivity contribution in [2.45, 2.75) is 56.3 Å². The second-order valence-corrected chi connectivity index (χ2v) is 6.78. The molecule has 2 rings (SSSR count). The maximum absolute atomic E-state index is 12.3. The molecular weight excluding hydrogens is 330 g/mol. The van der Waals surface area contributed by atoms with Crippen LogP contribution in [0.2, 0.25) is 0 Å². The number of benzene rings is 1. The lowest BCUT2D eigenvalue weighted by Crippen LogP contribution is -2.42. The van der Waals surface area contributed by atoms with Gasteiger partial charge in [-0.2, -0.15) is 0 Å². The number of amides is 1. The van der Waals surface area contributed by atoms with E-state index in [-0.39, 0.29) is 11.9 Å². The van der Waals surface area contributed by atoms with E-state index in [1.807, 2.05) is 24.3 Å². The number of unbranched alkanes of at least 4 members (excludes halogenated alkanes) is 1. The van der Waals surface area contributed by atoms with E-state index in [1.54, 1.807) is 0 Å². The summed E-state index contributed by atoms with van der Waals surface area (Å²) >= 11 is 3.67. The zero-order valence-corrected chi connectivity index (χ0v) is 14.2. The quantitative estimate of drug-likeness (QED) is 0.611. The third-order valence-electron chi connectivity index (χ3n) is 3.88. The molecule has 1 aliphatic rings. The van der Waals surface area contributed by atoms with E-state index in [9.17, 15) is 4.79 Å². The van der Waals surface area contributed by atoms with Crippen LogP contribution in [0.15, 0.2) is 24.3 Å². The minimum absolute atomic E-state index is 0.00598. The molecule has 2 atom stereocenters. The van der Waals surface area contributed by atoms with Crippen LogP contribution >= 0.6 is 15.9 Å². The zero-order valence-electron chi connectivity index (χ0n) is 12.6. The molecule has 1 saturated carbocycles. The topological polar surface area (TPSA) is 38.3 Å². The van der Waals surface area contributed by atoms with Gasteiger partial charge in [-0.3, -0.25) is 4.79 Å². The highest BCUT2D eigenvalue weighted by Crippen LogP contribution is 2.24. The maximum Gasteiger partial charge on any atom is 0.251 e. The van der Waals surface area contributed by atoms with E-state index in [0.717, 1.165) is 38.0 Å². The first-order valence-corrected chi connectivity index (χ1v) is 8.80. The van der Waals surface area contributed by atoms with Crippen molar-refractivity contribution in [2.75, 3.05) is 6.61 Å². The Morgan fingerprint density at radius 1 is 1.29 bits per heavy atom. The Kier molecular flexibility index (Phi) is 6.55. The molecule has 1 aliphatic carbocycles. The molecule has 0 bridgehead atoms. The average Bonchev–Trinajstić information content (AvgIpc) is 2.50. The second-order valence-electron chi connectivity index (χ2n) is 5.61. The highest BCUT2D eigenvalue weighted by atomic mass is 79.9. The lowest BCUT2D eigenvalue weighted by atomic mass is 9.95. The van der Waals surface area contributed by atoms with Gasteiger partial charge in [0.25, 0.3) is 5.91 Å². The predicted octanol–water partition coefficient (Wildman–Crippen LogP) is 4.30. The van der Waals surface area contributed by atoms with Crippen LogP contribution in [0, 0.1) is 0 Å². The van der Waals surface area contributed by atoms with E-state index < -0.39 is 0 Å². The van der Waals surface area contributed by atoms with Crippen LogP contribution in [0.5, 0.6) is 5.75 Å². The Balaban J connectivity index is 1.87. The number of nitrogens with one attached hydrogen (secondary N) is 1. The molecule has 2 unspecified atom stereocenters. The van der Waals surface area contributed by atoms with Crippen LogP contribution in [0.1, 0.15) is 55.8 Å². The third kappa shape index (κ3) is 5.03. The first-order valence-electron chi connectivity index (χ1n) is 7.88. The molecule has 0 saturated heterocycles. The number of hydrogen-bond donors (Lipinski definition) is 1. The van der Waals surface area contributed by atoms with Crippen molar-refractivity contribution in [1.82, 2.24) is 5.32 Å². The van der Waals surface area contributed by atoms with E-state index in [2.05, 4.69) is 28.2 Å². The fourth-order valence-electron chi connectivity index (χ4n) is 2.54. The van der Waals surface area contributed by atoms with Gasteiger partial charge < -0.3 is 10.1 Å². The number of hydrogen-bond acceptors (Lipinski definition) is 2. The summed E-state index contributed by atoms with van der Waals surface area (Å²) in [6, 6.07) is 7.66. The number of ether oxygens (including phenoxy) is 1. The zero-order chi connectivity index (χ0) is 15.1. The van der Waals surface area contributed by atoms with Gasteiger partial charge in [0.1, 0.15) is 5.75 Å². The summed E-state index contributed by atoms with van der Waals surface area (Å²) in [5, 5.41) is 3.13. The molecular formula is C17H24BrNO2. The minimum atomic E-state index is 0.00598. The van der Waals surface area contributed by atoms with Crippen LogP contribution in [0.3, 0.4) is 0 Å². The molecule has 1 aromatic carbocycles. The van der Waals surface area contributed by atoms with Gasteiger partial charge in [0.2, 0.25) is 0 Å². The minimum Gasteiger partial charge on any atom is -0.494 e. The van der Waals surface area contributed by atoms with Crippen LogP contribution < -0.4 is 10.1 Å². The predicted molar refractivity (Wildman–Crippen MR) is 89.3 cm³/mol. The summed E-state index contributed by atoms with van der Waals surface area (Å²) in [5.41, 5.74) is 0.697. The molecule has 3 nitrogen and oxygen atoms in total. The Hall–Kier alpha value is -1.03. The normalized spacial score (nSPS) is 21.8. The van der Waals surface area contributed by atoms with Gasteiger partial charge in [-0.25, -0.2) is 0 Å².